The van der Waals surface area contributed by atoms with Crippen LogP contribution in [0.5, 0.6) is 0 Å². The van der Waals surface area contributed by atoms with Crippen molar-refractivity contribution in [3.05, 3.63) is 6.92 Å². The first-order valence-electron chi connectivity index (χ1n) is 5.80. The van der Waals surface area contributed by atoms with Gasteiger partial charge in [-0.2, -0.15) is 0 Å². The molecule has 0 saturated carbocycles. The highest BCUT2D eigenvalue weighted by Crippen LogP contribution is 1.98. The fourth-order valence-electron chi connectivity index (χ4n) is 1.14. The van der Waals surface area contributed by atoms with Gasteiger partial charge in [-0.25, -0.2) is 0 Å². The van der Waals surface area contributed by atoms with Gasteiger partial charge in [-0.15, -0.1) is 0 Å². The second-order valence-electron chi connectivity index (χ2n) is 3.50. The molecular weight excluding hydrogens is 172 g/mol. The van der Waals surface area contributed by atoms with Gasteiger partial charge in [0.25, 0.3) is 0 Å². The van der Waals surface area contributed by atoms with E-state index in [2.05, 4.69) is 25.9 Å². The molecule has 1 nitrogen and oxygen atoms in total. The number of rotatable bonds is 8. The van der Waals surface area contributed by atoms with Gasteiger partial charge < -0.3 is 4.74 Å². The minimum Gasteiger partial charge on any atom is -0.447 e. The summed E-state index contributed by atoms with van der Waals surface area (Å²) in [6.45, 7) is 6.77. The zero-order valence-corrected chi connectivity index (χ0v) is 9.48. The Labute approximate surface area is 89.2 Å². The van der Waals surface area contributed by atoms with Crippen LogP contribution in [0.15, 0.2) is 0 Å². The van der Waals surface area contributed by atoms with Crippen molar-refractivity contribution in [3.63, 3.8) is 0 Å². The Morgan fingerprint density at radius 2 is 1.93 bits per heavy atom. The summed E-state index contributed by atoms with van der Waals surface area (Å²) in [5.74, 6) is 3.03. The standard InChI is InChI=1S/C13H23O/c1-3-5-7-9-11-13-14-12-10-8-6-4-2/h2-10,12H2,1H3. The van der Waals surface area contributed by atoms with Crippen LogP contribution in [0.1, 0.15) is 58.3 Å². The van der Waals surface area contributed by atoms with Gasteiger partial charge in [0.2, 0.25) is 0 Å². The van der Waals surface area contributed by atoms with Crippen molar-refractivity contribution in [2.75, 3.05) is 6.61 Å². The molecule has 0 rings (SSSR count). The second-order valence-corrected chi connectivity index (χ2v) is 3.50. The molecule has 0 heterocycles. The molecule has 1 radical (unpaired) electrons. The summed E-state index contributed by atoms with van der Waals surface area (Å²) in [5, 5.41) is 0. The fraction of sp³-hybridized carbons (Fsp3) is 0.769. The lowest BCUT2D eigenvalue weighted by molar-refractivity contribution is 0.267. The molecule has 0 unspecified atom stereocenters. The maximum atomic E-state index is 5.18. The molecule has 1 heteroatoms. The smallest absolute Gasteiger partial charge is 0.110 e. The molecule has 14 heavy (non-hydrogen) atoms. The van der Waals surface area contributed by atoms with E-state index in [1.54, 1.807) is 0 Å². The highest BCUT2D eigenvalue weighted by molar-refractivity contribution is 4.90. The fourth-order valence-corrected chi connectivity index (χ4v) is 1.14. The topological polar surface area (TPSA) is 9.23 Å². The maximum Gasteiger partial charge on any atom is 0.110 e. The van der Waals surface area contributed by atoms with Crippen molar-refractivity contribution >= 4 is 0 Å². The van der Waals surface area contributed by atoms with Crippen molar-refractivity contribution < 1.29 is 4.74 Å². The quantitative estimate of drug-likeness (QED) is 0.421. The molecule has 0 N–H and O–H groups in total. The van der Waals surface area contributed by atoms with Crippen LogP contribution in [0.2, 0.25) is 0 Å². The Morgan fingerprint density at radius 3 is 2.64 bits per heavy atom. The highest BCUT2D eigenvalue weighted by Gasteiger charge is 1.86. The highest BCUT2D eigenvalue weighted by atomic mass is 16.5. The Kier molecular flexibility index (Phi) is 11.8. The number of hydrogen-bond acceptors (Lipinski definition) is 1. The molecule has 0 aliphatic carbocycles. The molecule has 0 aromatic carbocycles. The molecule has 0 aliphatic heterocycles. The molecule has 0 aliphatic rings. The van der Waals surface area contributed by atoms with Crippen LogP contribution >= 0.6 is 0 Å². The van der Waals surface area contributed by atoms with E-state index in [1.165, 1.54) is 32.1 Å². The van der Waals surface area contributed by atoms with Gasteiger partial charge in [0.15, 0.2) is 0 Å². The first-order chi connectivity index (χ1) is 6.91. The van der Waals surface area contributed by atoms with E-state index in [0.717, 1.165) is 25.9 Å². The molecule has 81 valence electrons. The van der Waals surface area contributed by atoms with Crippen molar-refractivity contribution in [3.8, 4) is 12.0 Å². The third kappa shape index (κ3) is 11.4. The average Bonchev–Trinajstić information content (AvgIpc) is 2.21. The van der Waals surface area contributed by atoms with E-state index in [1.807, 2.05) is 0 Å². The number of unbranched alkanes of at least 4 members (excludes halogenated alkanes) is 6. The van der Waals surface area contributed by atoms with Crippen LogP contribution in [0.3, 0.4) is 0 Å². The number of ether oxygens (including phenoxy) is 1. The van der Waals surface area contributed by atoms with Crippen LogP contribution in [0, 0.1) is 19.0 Å². The van der Waals surface area contributed by atoms with Crippen molar-refractivity contribution in [1.82, 2.24) is 0 Å². The van der Waals surface area contributed by atoms with E-state index >= 15 is 0 Å². The molecule has 0 bridgehead atoms. The lowest BCUT2D eigenvalue weighted by Crippen LogP contribution is -1.87. The average molecular weight is 195 g/mol. The summed E-state index contributed by atoms with van der Waals surface area (Å²) < 4.78 is 5.18. The zero-order chi connectivity index (χ0) is 10.5. The summed E-state index contributed by atoms with van der Waals surface area (Å²) in [7, 11) is 0. The summed E-state index contributed by atoms with van der Waals surface area (Å²) in [6, 6.07) is 0. The molecule has 0 fully saturated rings. The van der Waals surface area contributed by atoms with Crippen LogP contribution in [-0.4, -0.2) is 6.61 Å². The van der Waals surface area contributed by atoms with Gasteiger partial charge in [-0.05, 0) is 12.8 Å². The summed E-state index contributed by atoms with van der Waals surface area (Å²) in [4.78, 5) is 0. The lowest BCUT2D eigenvalue weighted by Gasteiger charge is -1.96. The van der Waals surface area contributed by atoms with Crippen LogP contribution in [0.25, 0.3) is 0 Å². The molecule has 0 saturated heterocycles. The van der Waals surface area contributed by atoms with Gasteiger partial charge >= 0.3 is 0 Å². The minimum absolute atomic E-state index is 0.779. The van der Waals surface area contributed by atoms with Gasteiger partial charge in [-0.1, -0.05) is 51.9 Å². The van der Waals surface area contributed by atoms with E-state index in [0.29, 0.717) is 0 Å². The largest absolute Gasteiger partial charge is 0.447 e. The molecule has 0 aromatic rings. The Morgan fingerprint density at radius 1 is 1.07 bits per heavy atom. The van der Waals surface area contributed by atoms with E-state index in [-0.39, 0.29) is 0 Å². The predicted molar refractivity (Wildman–Crippen MR) is 61.7 cm³/mol. The second kappa shape index (κ2) is 12.4. The molecule has 0 aromatic heterocycles. The Hall–Kier alpha value is -0.640. The Bertz CT molecular complexity index is 152. The lowest BCUT2D eigenvalue weighted by atomic mass is 10.2. The van der Waals surface area contributed by atoms with Crippen LogP contribution in [0.4, 0.5) is 0 Å². The van der Waals surface area contributed by atoms with E-state index in [9.17, 15) is 0 Å². The summed E-state index contributed by atoms with van der Waals surface area (Å²) in [6.07, 6.45) is 12.0. The monoisotopic (exact) mass is 195 g/mol. The van der Waals surface area contributed by atoms with Gasteiger partial charge in [-0.3, -0.25) is 0 Å². The van der Waals surface area contributed by atoms with E-state index < -0.39 is 0 Å². The van der Waals surface area contributed by atoms with E-state index in [4.69, 9.17) is 4.74 Å². The third-order valence-electron chi connectivity index (χ3n) is 2.05. The van der Waals surface area contributed by atoms with Gasteiger partial charge in [0, 0.05) is 6.42 Å². The van der Waals surface area contributed by atoms with Crippen molar-refractivity contribution in [2.24, 2.45) is 0 Å². The SMILES string of the molecule is [CH2]CCCCCOC#CCCCCC. The van der Waals surface area contributed by atoms with Crippen LogP contribution in [-0.2, 0) is 4.74 Å². The number of hydrogen-bond donors (Lipinski definition) is 0. The summed E-state index contributed by atoms with van der Waals surface area (Å²) in [5.41, 5.74) is 0. The van der Waals surface area contributed by atoms with Crippen molar-refractivity contribution in [2.45, 2.75) is 58.3 Å². The van der Waals surface area contributed by atoms with Crippen LogP contribution < -0.4 is 0 Å². The Balaban J connectivity index is 3.02. The molecule has 0 spiro atoms. The minimum atomic E-state index is 0.779. The first kappa shape index (κ1) is 13.4. The molecule has 0 atom stereocenters. The zero-order valence-electron chi connectivity index (χ0n) is 9.48. The predicted octanol–water partition coefficient (Wildman–Crippen LogP) is 3.94. The summed E-state index contributed by atoms with van der Waals surface area (Å²) >= 11 is 0. The van der Waals surface area contributed by atoms with Gasteiger partial charge in [0.1, 0.15) is 12.7 Å². The molecule has 0 amide bonds. The maximum absolute atomic E-state index is 5.18. The third-order valence-corrected chi connectivity index (χ3v) is 2.05. The van der Waals surface area contributed by atoms with Crippen molar-refractivity contribution in [1.29, 1.82) is 0 Å². The van der Waals surface area contributed by atoms with Gasteiger partial charge in [0.05, 0.1) is 0 Å². The first-order valence-corrected chi connectivity index (χ1v) is 5.80. The molecular formula is C13H23O. The normalized spacial score (nSPS) is 9.29.